The molecule has 0 bridgehead atoms. The third-order valence-corrected chi connectivity index (χ3v) is 4.50. The van der Waals surface area contributed by atoms with Gasteiger partial charge in [0.2, 0.25) is 0 Å². The Morgan fingerprint density at radius 3 is 2.80 bits per heavy atom. The van der Waals surface area contributed by atoms with Crippen molar-refractivity contribution in [3.05, 3.63) is 47.3 Å². The molecule has 0 spiro atoms. The van der Waals surface area contributed by atoms with Crippen LogP contribution in [-0.2, 0) is 19.9 Å². The summed E-state index contributed by atoms with van der Waals surface area (Å²) in [6, 6.07) is 10.9. The fraction of sp³-hybridized carbons (Fsp3) is 0.438. The quantitative estimate of drug-likeness (QED) is 0.832. The summed E-state index contributed by atoms with van der Waals surface area (Å²) in [4.78, 5) is 1.29. The third kappa shape index (κ3) is 4.12. The van der Waals surface area contributed by atoms with Gasteiger partial charge in [0.25, 0.3) is 0 Å². The number of aryl methyl sites for hydroxylation is 3. The maximum absolute atomic E-state index is 6.25. The maximum Gasteiger partial charge on any atom is 0.0624 e. The number of thioether (sulfide) groups is 1. The zero-order valence-electron chi connectivity index (χ0n) is 12.5. The molecule has 0 amide bonds. The molecule has 1 atom stereocenters. The molecule has 2 N–H and O–H groups in total. The van der Waals surface area contributed by atoms with Crippen LogP contribution in [0.4, 0.5) is 0 Å². The molecule has 0 aliphatic heterocycles. The first kappa shape index (κ1) is 15.1. The third-order valence-electron chi connectivity index (χ3n) is 3.31. The van der Waals surface area contributed by atoms with Gasteiger partial charge < -0.3 is 5.73 Å². The van der Waals surface area contributed by atoms with Crippen LogP contribution in [0.15, 0.2) is 35.2 Å². The highest BCUT2D eigenvalue weighted by Crippen LogP contribution is 2.20. The molecule has 0 radical (unpaired) electrons. The van der Waals surface area contributed by atoms with Gasteiger partial charge in [0, 0.05) is 35.9 Å². The minimum Gasteiger partial charge on any atom is -0.327 e. The monoisotopic (exact) mass is 289 g/mol. The van der Waals surface area contributed by atoms with Crippen LogP contribution in [0.3, 0.4) is 0 Å². The molecule has 20 heavy (non-hydrogen) atoms. The van der Waals surface area contributed by atoms with Gasteiger partial charge in [0.1, 0.15) is 0 Å². The Morgan fingerprint density at radius 1 is 1.35 bits per heavy atom. The van der Waals surface area contributed by atoms with E-state index in [1.54, 1.807) is 0 Å². The second-order valence-corrected chi connectivity index (χ2v) is 6.29. The van der Waals surface area contributed by atoms with Gasteiger partial charge in [-0.15, -0.1) is 11.8 Å². The molecule has 1 aromatic heterocycles. The predicted molar refractivity (Wildman–Crippen MR) is 86.2 cm³/mol. The van der Waals surface area contributed by atoms with Gasteiger partial charge in [-0.05, 0) is 31.5 Å². The smallest absolute Gasteiger partial charge is 0.0624 e. The van der Waals surface area contributed by atoms with Crippen LogP contribution in [0, 0.1) is 6.92 Å². The van der Waals surface area contributed by atoms with E-state index >= 15 is 0 Å². The molecular weight excluding hydrogens is 266 g/mol. The van der Waals surface area contributed by atoms with Crippen LogP contribution >= 0.6 is 11.8 Å². The number of benzene rings is 1. The number of hydrogen-bond donors (Lipinski definition) is 1. The first-order valence-corrected chi connectivity index (χ1v) is 8.04. The number of nitrogens with two attached hydrogens (primary N) is 1. The summed E-state index contributed by atoms with van der Waals surface area (Å²) in [5.41, 5.74) is 9.90. The summed E-state index contributed by atoms with van der Waals surface area (Å²) in [5, 5.41) is 4.47. The summed E-state index contributed by atoms with van der Waals surface area (Å²) in [5.74, 6) is 0.927. The Hall–Kier alpha value is -1.26. The van der Waals surface area contributed by atoms with E-state index in [0.29, 0.717) is 0 Å². The number of aromatic nitrogens is 2. The molecule has 0 saturated carbocycles. The van der Waals surface area contributed by atoms with Crippen molar-refractivity contribution >= 4 is 11.8 Å². The first-order chi connectivity index (χ1) is 9.58. The number of nitrogens with zero attached hydrogens (tertiary/aromatic N) is 2. The summed E-state index contributed by atoms with van der Waals surface area (Å²) in [6.07, 6.45) is 1.85. The topological polar surface area (TPSA) is 43.8 Å². The average Bonchev–Trinajstić information content (AvgIpc) is 2.77. The van der Waals surface area contributed by atoms with Gasteiger partial charge in [-0.2, -0.15) is 5.10 Å². The van der Waals surface area contributed by atoms with Crippen molar-refractivity contribution in [2.75, 3.05) is 5.75 Å². The van der Waals surface area contributed by atoms with E-state index in [9.17, 15) is 0 Å². The van der Waals surface area contributed by atoms with Crippen LogP contribution < -0.4 is 5.73 Å². The zero-order chi connectivity index (χ0) is 14.5. The van der Waals surface area contributed by atoms with Gasteiger partial charge in [-0.3, -0.25) is 4.68 Å². The normalized spacial score (nSPS) is 12.6. The second kappa shape index (κ2) is 6.95. The van der Waals surface area contributed by atoms with Crippen LogP contribution in [0.5, 0.6) is 0 Å². The van der Waals surface area contributed by atoms with Crippen LogP contribution in [0.2, 0.25) is 0 Å². The molecule has 2 rings (SSSR count). The van der Waals surface area contributed by atoms with Crippen LogP contribution in [0.1, 0.15) is 23.9 Å². The van der Waals surface area contributed by atoms with Gasteiger partial charge in [0.15, 0.2) is 0 Å². The van der Waals surface area contributed by atoms with E-state index in [4.69, 9.17) is 5.73 Å². The van der Waals surface area contributed by atoms with Crippen molar-refractivity contribution < 1.29 is 0 Å². The van der Waals surface area contributed by atoms with E-state index in [2.05, 4.69) is 49.3 Å². The van der Waals surface area contributed by atoms with E-state index < -0.39 is 0 Å². The summed E-state index contributed by atoms with van der Waals surface area (Å²) < 4.78 is 1.95. The van der Waals surface area contributed by atoms with E-state index in [0.717, 1.165) is 24.3 Å². The maximum atomic E-state index is 6.25. The van der Waals surface area contributed by atoms with Crippen molar-refractivity contribution in [2.24, 2.45) is 12.8 Å². The van der Waals surface area contributed by atoms with E-state index in [1.165, 1.54) is 16.2 Å². The molecule has 4 heteroatoms. The van der Waals surface area contributed by atoms with Crippen molar-refractivity contribution in [3.63, 3.8) is 0 Å². The Bertz CT molecular complexity index is 563. The molecule has 108 valence electrons. The van der Waals surface area contributed by atoms with Crippen LogP contribution in [-0.4, -0.2) is 21.6 Å². The summed E-state index contributed by atoms with van der Waals surface area (Å²) in [6.45, 7) is 4.24. The summed E-state index contributed by atoms with van der Waals surface area (Å²) in [7, 11) is 1.99. The van der Waals surface area contributed by atoms with Gasteiger partial charge in [0.05, 0.1) is 5.69 Å². The highest BCUT2D eigenvalue weighted by atomic mass is 32.2. The first-order valence-electron chi connectivity index (χ1n) is 7.05. The lowest BCUT2D eigenvalue weighted by atomic mass is 10.2. The Labute approximate surface area is 125 Å². The fourth-order valence-electron chi connectivity index (χ4n) is 2.17. The largest absolute Gasteiger partial charge is 0.327 e. The molecule has 1 heterocycles. The second-order valence-electron chi connectivity index (χ2n) is 5.20. The van der Waals surface area contributed by atoms with Gasteiger partial charge in [-0.25, -0.2) is 0 Å². The van der Waals surface area contributed by atoms with Gasteiger partial charge >= 0.3 is 0 Å². The van der Waals surface area contributed by atoms with Crippen molar-refractivity contribution in [1.29, 1.82) is 0 Å². The molecule has 1 aromatic carbocycles. The highest BCUT2D eigenvalue weighted by Gasteiger charge is 2.10. The lowest BCUT2D eigenvalue weighted by Gasteiger charge is -2.11. The lowest BCUT2D eigenvalue weighted by Crippen LogP contribution is -2.26. The molecule has 3 nitrogen and oxygen atoms in total. The fourth-order valence-corrected chi connectivity index (χ4v) is 3.14. The van der Waals surface area contributed by atoms with Crippen molar-refractivity contribution in [1.82, 2.24) is 9.78 Å². The molecule has 0 aliphatic rings. The van der Waals surface area contributed by atoms with E-state index in [-0.39, 0.29) is 6.04 Å². The molecule has 0 saturated heterocycles. The Morgan fingerprint density at radius 2 is 2.15 bits per heavy atom. The Balaban J connectivity index is 1.89. The number of hydrogen-bond acceptors (Lipinski definition) is 3. The van der Waals surface area contributed by atoms with E-state index in [1.807, 2.05) is 23.5 Å². The lowest BCUT2D eigenvalue weighted by molar-refractivity contribution is 0.650. The highest BCUT2D eigenvalue weighted by molar-refractivity contribution is 7.99. The minimum absolute atomic E-state index is 0.153. The van der Waals surface area contributed by atoms with Crippen molar-refractivity contribution in [3.8, 4) is 0 Å². The minimum atomic E-state index is 0.153. The molecular formula is C16H23N3S. The molecule has 1 unspecified atom stereocenters. The molecule has 0 aliphatic carbocycles. The average molecular weight is 289 g/mol. The summed E-state index contributed by atoms with van der Waals surface area (Å²) >= 11 is 1.83. The number of rotatable bonds is 6. The predicted octanol–water partition coefficient (Wildman–Crippen LogP) is 2.95. The van der Waals surface area contributed by atoms with Crippen LogP contribution in [0.25, 0.3) is 0 Å². The zero-order valence-corrected chi connectivity index (χ0v) is 13.3. The molecule has 0 fully saturated rings. The Kier molecular flexibility index (Phi) is 5.26. The SMILES string of the molecule is CCc1cc(CC(N)CSc2cccc(C)c2)n(C)n1. The van der Waals surface area contributed by atoms with Gasteiger partial charge in [-0.1, -0.05) is 24.6 Å². The molecule has 2 aromatic rings. The van der Waals surface area contributed by atoms with Crippen molar-refractivity contribution in [2.45, 2.75) is 37.6 Å². The standard InChI is InChI=1S/C16H23N3S/c1-4-14-10-15(19(3)18-14)9-13(17)11-20-16-7-5-6-12(2)8-16/h5-8,10,13H,4,9,11,17H2,1-3H3.